The van der Waals surface area contributed by atoms with Gasteiger partial charge in [0, 0.05) is 12.6 Å². The fraction of sp³-hybridized carbons (Fsp3) is 0.562. The molecule has 0 saturated carbocycles. The van der Waals surface area contributed by atoms with Gasteiger partial charge in [-0.1, -0.05) is 19.1 Å². The number of carbonyl (C=O) groups excluding carboxylic acids is 1. The molecule has 1 fully saturated rings. The Hall–Kier alpha value is -1.47. The van der Waals surface area contributed by atoms with Crippen LogP contribution in [-0.4, -0.2) is 56.4 Å². The van der Waals surface area contributed by atoms with Gasteiger partial charge in [0.05, 0.1) is 18.1 Å². The number of halogens is 1. The van der Waals surface area contributed by atoms with Gasteiger partial charge >= 0.3 is 0 Å². The number of hydrogen-bond acceptors (Lipinski definition) is 4. The molecule has 1 unspecified atom stereocenters. The summed E-state index contributed by atoms with van der Waals surface area (Å²) < 4.78 is 35.9. The van der Waals surface area contributed by atoms with Crippen molar-refractivity contribution in [3.63, 3.8) is 0 Å². The number of nitrogens with zero attached hydrogens (tertiary/aromatic N) is 1. The van der Waals surface area contributed by atoms with E-state index in [2.05, 4.69) is 5.32 Å². The molecule has 0 aliphatic carbocycles. The summed E-state index contributed by atoms with van der Waals surface area (Å²) in [4.78, 5) is 13.9. The third-order valence-corrected chi connectivity index (χ3v) is 5.88. The highest BCUT2D eigenvalue weighted by Crippen LogP contribution is 2.17. The van der Waals surface area contributed by atoms with Gasteiger partial charge < -0.3 is 5.32 Å². The minimum absolute atomic E-state index is 0.0622. The number of nitrogens with one attached hydrogen (secondary N) is 1. The van der Waals surface area contributed by atoms with Crippen LogP contribution in [0.1, 0.15) is 18.9 Å². The van der Waals surface area contributed by atoms with E-state index in [1.807, 2.05) is 11.8 Å². The highest BCUT2D eigenvalue weighted by Gasteiger charge is 2.32. The van der Waals surface area contributed by atoms with Gasteiger partial charge in [0.1, 0.15) is 5.82 Å². The Kier molecular flexibility index (Phi) is 6.12. The third kappa shape index (κ3) is 5.58. The molecule has 7 heteroatoms. The van der Waals surface area contributed by atoms with Gasteiger partial charge in [-0.3, -0.25) is 9.69 Å². The van der Waals surface area contributed by atoms with Gasteiger partial charge in [0.25, 0.3) is 0 Å². The van der Waals surface area contributed by atoms with Crippen LogP contribution in [0.3, 0.4) is 0 Å². The first-order valence-corrected chi connectivity index (χ1v) is 9.67. The molecule has 1 atom stereocenters. The number of amides is 1. The lowest BCUT2D eigenvalue weighted by Gasteiger charge is -2.25. The summed E-state index contributed by atoms with van der Waals surface area (Å²) in [5, 5.41) is 2.83. The zero-order chi connectivity index (χ0) is 16.9. The van der Waals surface area contributed by atoms with Gasteiger partial charge in [-0.05, 0) is 37.1 Å². The summed E-state index contributed by atoms with van der Waals surface area (Å²) in [5.74, 6) is -0.0366. The number of likely N-dealkylation sites (N-methyl/N-ethyl adjacent to an activating group) is 1. The van der Waals surface area contributed by atoms with E-state index in [0.717, 1.165) is 5.56 Å². The molecule has 1 aliphatic heterocycles. The zero-order valence-corrected chi connectivity index (χ0v) is 14.1. The van der Waals surface area contributed by atoms with Crippen molar-refractivity contribution >= 4 is 15.7 Å². The summed E-state index contributed by atoms with van der Waals surface area (Å²) in [6, 6.07) is 6.13. The lowest BCUT2D eigenvalue weighted by molar-refractivity contribution is -0.122. The number of rotatable bonds is 7. The summed E-state index contributed by atoms with van der Waals surface area (Å²) in [6.45, 7) is 3.26. The minimum Gasteiger partial charge on any atom is -0.355 e. The molecular formula is C16H23FN2O3S. The van der Waals surface area contributed by atoms with Gasteiger partial charge in [-0.2, -0.15) is 0 Å². The van der Waals surface area contributed by atoms with Crippen molar-refractivity contribution in [1.29, 1.82) is 0 Å². The third-order valence-electron chi connectivity index (χ3n) is 4.13. The van der Waals surface area contributed by atoms with Crippen molar-refractivity contribution in [2.45, 2.75) is 25.8 Å². The van der Waals surface area contributed by atoms with Gasteiger partial charge in [0.15, 0.2) is 9.84 Å². The predicted molar refractivity (Wildman–Crippen MR) is 87.4 cm³/mol. The summed E-state index contributed by atoms with van der Waals surface area (Å²) in [5.41, 5.74) is 0.959. The maximum absolute atomic E-state index is 12.8. The number of hydrogen-bond donors (Lipinski definition) is 1. The standard InChI is InChI=1S/C16H23FN2O3S/c1-2-19(15-8-10-23(21,22)12-15)11-16(20)18-9-7-13-3-5-14(17)6-4-13/h3-6,15H,2,7-12H2,1H3,(H,18,20). The molecule has 0 bridgehead atoms. The van der Waals surface area contributed by atoms with Crippen LogP contribution in [0.15, 0.2) is 24.3 Å². The molecule has 0 spiro atoms. The van der Waals surface area contributed by atoms with E-state index in [4.69, 9.17) is 0 Å². The molecule has 1 heterocycles. The molecule has 0 radical (unpaired) electrons. The maximum atomic E-state index is 12.8. The molecule has 5 nitrogen and oxygen atoms in total. The Morgan fingerprint density at radius 3 is 2.61 bits per heavy atom. The molecule has 1 saturated heterocycles. The van der Waals surface area contributed by atoms with E-state index in [0.29, 0.717) is 25.9 Å². The molecule has 1 aromatic rings. The molecule has 1 N–H and O–H groups in total. The van der Waals surface area contributed by atoms with Crippen molar-refractivity contribution in [3.05, 3.63) is 35.6 Å². The van der Waals surface area contributed by atoms with Gasteiger partial charge in [-0.25, -0.2) is 12.8 Å². The first kappa shape index (κ1) is 17.9. The maximum Gasteiger partial charge on any atom is 0.234 e. The van der Waals surface area contributed by atoms with Crippen molar-refractivity contribution in [2.24, 2.45) is 0 Å². The second-order valence-corrected chi connectivity index (χ2v) is 8.08. The Balaban J connectivity index is 1.75. The Morgan fingerprint density at radius 2 is 2.04 bits per heavy atom. The van der Waals surface area contributed by atoms with E-state index in [1.54, 1.807) is 12.1 Å². The Morgan fingerprint density at radius 1 is 1.35 bits per heavy atom. The van der Waals surface area contributed by atoms with Crippen LogP contribution in [0.5, 0.6) is 0 Å². The first-order valence-electron chi connectivity index (χ1n) is 7.85. The Bertz CT molecular complexity index is 631. The van der Waals surface area contributed by atoms with Crippen molar-refractivity contribution in [2.75, 3.05) is 31.1 Å². The van der Waals surface area contributed by atoms with Crippen LogP contribution >= 0.6 is 0 Å². The SMILES string of the molecule is CCN(CC(=O)NCCc1ccc(F)cc1)C1CCS(=O)(=O)C1. The molecule has 0 aromatic heterocycles. The second kappa shape index (κ2) is 7.88. The number of sulfone groups is 1. The summed E-state index contributed by atoms with van der Waals surface area (Å²) in [6.07, 6.45) is 1.23. The number of benzene rings is 1. The smallest absolute Gasteiger partial charge is 0.234 e. The van der Waals surface area contributed by atoms with Gasteiger partial charge in [0.2, 0.25) is 5.91 Å². The van der Waals surface area contributed by atoms with Crippen LogP contribution in [0, 0.1) is 5.82 Å². The van der Waals surface area contributed by atoms with Crippen LogP contribution in [0.2, 0.25) is 0 Å². The van der Waals surface area contributed by atoms with Crippen molar-refractivity contribution in [3.8, 4) is 0 Å². The highest BCUT2D eigenvalue weighted by atomic mass is 32.2. The lowest BCUT2D eigenvalue weighted by atomic mass is 10.1. The fourth-order valence-corrected chi connectivity index (χ4v) is 4.56. The van der Waals surface area contributed by atoms with Gasteiger partial charge in [-0.15, -0.1) is 0 Å². The molecule has 2 rings (SSSR count). The van der Waals surface area contributed by atoms with E-state index in [-0.39, 0.29) is 35.8 Å². The normalized spacial score (nSPS) is 19.9. The lowest BCUT2D eigenvalue weighted by Crippen LogP contribution is -2.43. The predicted octanol–water partition coefficient (Wildman–Crippen LogP) is 0.993. The summed E-state index contributed by atoms with van der Waals surface area (Å²) in [7, 11) is -2.95. The largest absolute Gasteiger partial charge is 0.355 e. The zero-order valence-electron chi connectivity index (χ0n) is 13.3. The number of carbonyl (C=O) groups is 1. The van der Waals surface area contributed by atoms with Crippen LogP contribution < -0.4 is 5.32 Å². The van der Waals surface area contributed by atoms with Crippen LogP contribution in [0.25, 0.3) is 0 Å². The van der Waals surface area contributed by atoms with E-state index in [1.165, 1.54) is 12.1 Å². The topological polar surface area (TPSA) is 66.5 Å². The van der Waals surface area contributed by atoms with Crippen LogP contribution in [0.4, 0.5) is 4.39 Å². The monoisotopic (exact) mass is 342 g/mol. The first-order chi connectivity index (χ1) is 10.9. The minimum atomic E-state index is -2.95. The van der Waals surface area contributed by atoms with Crippen molar-refractivity contribution < 1.29 is 17.6 Å². The molecule has 1 aliphatic rings. The molecule has 1 aromatic carbocycles. The molecular weight excluding hydrogens is 319 g/mol. The van der Waals surface area contributed by atoms with Crippen molar-refractivity contribution in [1.82, 2.24) is 10.2 Å². The molecule has 23 heavy (non-hydrogen) atoms. The molecule has 1 amide bonds. The average molecular weight is 342 g/mol. The molecule has 128 valence electrons. The quantitative estimate of drug-likeness (QED) is 0.803. The average Bonchev–Trinajstić information content (AvgIpc) is 2.87. The second-order valence-electron chi connectivity index (χ2n) is 5.85. The summed E-state index contributed by atoms with van der Waals surface area (Å²) >= 11 is 0. The van der Waals surface area contributed by atoms with E-state index in [9.17, 15) is 17.6 Å². The fourth-order valence-electron chi connectivity index (χ4n) is 2.80. The highest BCUT2D eigenvalue weighted by molar-refractivity contribution is 7.91. The Labute approximate surface area is 136 Å². The van der Waals surface area contributed by atoms with E-state index < -0.39 is 9.84 Å². The van der Waals surface area contributed by atoms with E-state index >= 15 is 0 Å². The van der Waals surface area contributed by atoms with Crippen LogP contribution in [-0.2, 0) is 21.1 Å².